The van der Waals surface area contributed by atoms with Crippen LogP contribution in [0.25, 0.3) is 0 Å². The standard InChI is InChI=1S/C25H29NO4S/c1-2-28-19-29-18-21(8-7-17-31)24-11-6-16-26(24)25(27)20-12-14-23(15-13-20)30-22-9-4-3-5-10-22/h3-6,9-16,21,31H,2,7-8,17-19H2,1H3. The number of para-hydroxylation sites is 1. The topological polar surface area (TPSA) is 49.7 Å². The molecule has 0 bridgehead atoms. The van der Waals surface area contributed by atoms with Crippen molar-refractivity contribution < 1.29 is 19.0 Å². The number of hydrogen-bond acceptors (Lipinski definition) is 5. The highest BCUT2D eigenvalue weighted by atomic mass is 32.1. The summed E-state index contributed by atoms with van der Waals surface area (Å²) in [6.45, 7) is 3.29. The molecule has 1 heterocycles. The Morgan fingerprint density at radius 1 is 0.968 bits per heavy atom. The predicted molar refractivity (Wildman–Crippen MR) is 125 cm³/mol. The third-order valence-electron chi connectivity index (χ3n) is 4.90. The summed E-state index contributed by atoms with van der Waals surface area (Å²) in [7, 11) is 0. The van der Waals surface area contributed by atoms with Gasteiger partial charge in [-0.15, -0.1) is 0 Å². The number of ether oxygens (including phenoxy) is 3. The zero-order chi connectivity index (χ0) is 21.9. The first-order valence-corrected chi connectivity index (χ1v) is 11.2. The van der Waals surface area contributed by atoms with Crippen molar-refractivity contribution in [2.75, 3.05) is 25.8 Å². The molecule has 3 rings (SSSR count). The van der Waals surface area contributed by atoms with Crippen molar-refractivity contribution in [1.29, 1.82) is 0 Å². The third-order valence-corrected chi connectivity index (χ3v) is 5.21. The third kappa shape index (κ3) is 6.72. The molecule has 0 amide bonds. The maximum atomic E-state index is 13.2. The molecule has 0 spiro atoms. The SMILES string of the molecule is CCOCOCC(CCCS)c1cccn1C(=O)c1ccc(Oc2ccccc2)cc1. The molecule has 0 aliphatic heterocycles. The number of rotatable bonds is 12. The van der Waals surface area contributed by atoms with E-state index >= 15 is 0 Å². The van der Waals surface area contributed by atoms with Gasteiger partial charge in [-0.2, -0.15) is 12.6 Å². The fourth-order valence-electron chi connectivity index (χ4n) is 3.33. The van der Waals surface area contributed by atoms with Crippen LogP contribution in [0.4, 0.5) is 0 Å². The van der Waals surface area contributed by atoms with Crippen molar-refractivity contribution >= 4 is 18.5 Å². The molecule has 31 heavy (non-hydrogen) atoms. The van der Waals surface area contributed by atoms with E-state index in [9.17, 15) is 4.79 Å². The Morgan fingerprint density at radius 2 is 1.71 bits per heavy atom. The first kappa shape index (κ1) is 23.1. The zero-order valence-corrected chi connectivity index (χ0v) is 18.7. The van der Waals surface area contributed by atoms with Gasteiger partial charge >= 0.3 is 0 Å². The van der Waals surface area contributed by atoms with E-state index in [1.165, 1.54) is 0 Å². The second kappa shape index (κ2) is 12.3. The van der Waals surface area contributed by atoms with Gasteiger partial charge in [-0.3, -0.25) is 9.36 Å². The predicted octanol–water partition coefficient (Wildman–Crippen LogP) is 5.77. The fourth-order valence-corrected chi connectivity index (χ4v) is 3.51. The van der Waals surface area contributed by atoms with E-state index in [2.05, 4.69) is 12.6 Å². The maximum Gasteiger partial charge on any atom is 0.262 e. The highest BCUT2D eigenvalue weighted by Gasteiger charge is 2.20. The van der Waals surface area contributed by atoms with Gasteiger partial charge in [0, 0.05) is 30.0 Å². The molecular formula is C25H29NO4S. The highest BCUT2D eigenvalue weighted by Crippen LogP contribution is 2.25. The monoisotopic (exact) mass is 439 g/mol. The Bertz CT molecular complexity index is 924. The molecule has 3 aromatic rings. The minimum Gasteiger partial charge on any atom is -0.457 e. The lowest BCUT2D eigenvalue weighted by Gasteiger charge is -2.19. The number of hydrogen-bond donors (Lipinski definition) is 1. The molecule has 0 aliphatic rings. The van der Waals surface area contributed by atoms with Crippen LogP contribution in [0.1, 0.15) is 41.7 Å². The van der Waals surface area contributed by atoms with E-state index in [0.717, 1.165) is 30.0 Å². The molecule has 164 valence electrons. The Morgan fingerprint density at radius 3 is 2.42 bits per heavy atom. The summed E-state index contributed by atoms with van der Waals surface area (Å²) in [6, 6.07) is 20.7. The van der Waals surface area contributed by atoms with Crippen molar-refractivity contribution in [2.45, 2.75) is 25.7 Å². The van der Waals surface area contributed by atoms with Crippen LogP contribution >= 0.6 is 12.6 Å². The van der Waals surface area contributed by atoms with E-state index in [0.29, 0.717) is 24.5 Å². The first-order chi connectivity index (χ1) is 15.2. The molecule has 1 atom stereocenters. The van der Waals surface area contributed by atoms with Gasteiger partial charge < -0.3 is 14.2 Å². The highest BCUT2D eigenvalue weighted by molar-refractivity contribution is 7.80. The normalized spacial score (nSPS) is 11.9. The number of benzene rings is 2. The fraction of sp³-hybridized carbons (Fsp3) is 0.320. The van der Waals surface area contributed by atoms with Crippen LogP contribution in [0.15, 0.2) is 72.9 Å². The summed E-state index contributed by atoms with van der Waals surface area (Å²) < 4.78 is 18.5. The Hall–Kier alpha value is -2.54. The van der Waals surface area contributed by atoms with Crippen LogP contribution < -0.4 is 4.74 Å². The molecule has 0 radical (unpaired) electrons. The van der Waals surface area contributed by atoms with Crippen molar-refractivity contribution in [1.82, 2.24) is 4.57 Å². The number of thiol groups is 1. The number of carbonyl (C=O) groups is 1. The van der Waals surface area contributed by atoms with Gasteiger partial charge in [-0.1, -0.05) is 18.2 Å². The van der Waals surface area contributed by atoms with E-state index in [-0.39, 0.29) is 18.6 Å². The molecule has 0 aliphatic carbocycles. The number of aromatic nitrogens is 1. The lowest BCUT2D eigenvalue weighted by molar-refractivity contribution is -0.0546. The van der Waals surface area contributed by atoms with Crippen molar-refractivity contribution in [2.24, 2.45) is 0 Å². The maximum absolute atomic E-state index is 13.2. The number of carbonyl (C=O) groups excluding carboxylic acids is 1. The minimum atomic E-state index is -0.0769. The molecular weight excluding hydrogens is 410 g/mol. The molecule has 1 aromatic heterocycles. The van der Waals surface area contributed by atoms with Gasteiger partial charge in [-0.05, 0) is 74.0 Å². The minimum absolute atomic E-state index is 0.0769. The van der Waals surface area contributed by atoms with Crippen LogP contribution in [0.2, 0.25) is 0 Å². The Balaban J connectivity index is 1.72. The summed E-state index contributed by atoms with van der Waals surface area (Å²) in [5, 5.41) is 0. The molecule has 6 heteroatoms. The van der Waals surface area contributed by atoms with Gasteiger partial charge in [0.2, 0.25) is 0 Å². The number of nitrogens with zero attached hydrogens (tertiary/aromatic N) is 1. The summed E-state index contributed by atoms with van der Waals surface area (Å²) in [4.78, 5) is 13.2. The lowest BCUT2D eigenvalue weighted by atomic mass is 10.0. The summed E-state index contributed by atoms with van der Waals surface area (Å²) in [5.74, 6) is 2.25. The summed E-state index contributed by atoms with van der Waals surface area (Å²) in [6.07, 6.45) is 3.63. The molecule has 0 saturated heterocycles. The van der Waals surface area contributed by atoms with Crippen molar-refractivity contribution in [3.8, 4) is 11.5 Å². The molecule has 0 N–H and O–H groups in total. The Labute approximate surface area is 189 Å². The quantitative estimate of drug-likeness (QED) is 0.221. The van der Waals surface area contributed by atoms with E-state index in [4.69, 9.17) is 14.2 Å². The molecule has 1 unspecified atom stereocenters. The first-order valence-electron chi connectivity index (χ1n) is 10.5. The Kier molecular flexibility index (Phi) is 9.21. The average Bonchev–Trinajstić information content (AvgIpc) is 3.29. The van der Waals surface area contributed by atoms with Crippen molar-refractivity contribution in [3.05, 3.63) is 84.2 Å². The van der Waals surface area contributed by atoms with Crippen LogP contribution in [0.3, 0.4) is 0 Å². The zero-order valence-electron chi connectivity index (χ0n) is 17.8. The van der Waals surface area contributed by atoms with E-state index in [1.54, 1.807) is 16.7 Å². The lowest BCUT2D eigenvalue weighted by Crippen LogP contribution is -2.19. The van der Waals surface area contributed by atoms with Crippen molar-refractivity contribution in [3.63, 3.8) is 0 Å². The second-order valence-electron chi connectivity index (χ2n) is 7.09. The largest absolute Gasteiger partial charge is 0.457 e. The van der Waals surface area contributed by atoms with Crippen LogP contribution in [0, 0.1) is 0 Å². The summed E-state index contributed by atoms with van der Waals surface area (Å²) in [5.41, 5.74) is 1.54. The molecule has 0 saturated carbocycles. The summed E-state index contributed by atoms with van der Waals surface area (Å²) >= 11 is 4.33. The molecule has 0 fully saturated rings. The molecule has 5 nitrogen and oxygen atoms in total. The van der Waals surface area contributed by atoms with E-state index in [1.807, 2.05) is 67.7 Å². The van der Waals surface area contributed by atoms with Gasteiger partial charge in [0.15, 0.2) is 0 Å². The molecule has 2 aromatic carbocycles. The second-order valence-corrected chi connectivity index (χ2v) is 7.54. The van der Waals surface area contributed by atoms with Crippen LogP contribution in [-0.2, 0) is 9.47 Å². The van der Waals surface area contributed by atoms with Gasteiger partial charge in [-0.25, -0.2) is 0 Å². The van der Waals surface area contributed by atoms with Gasteiger partial charge in [0.1, 0.15) is 18.3 Å². The average molecular weight is 440 g/mol. The van der Waals surface area contributed by atoms with Crippen LogP contribution in [0.5, 0.6) is 11.5 Å². The van der Waals surface area contributed by atoms with Gasteiger partial charge in [0.05, 0.1) is 6.61 Å². The van der Waals surface area contributed by atoms with E-state index < -0.39 is 0 Å². The van der Waals surface area contributed by atoms with Crippen LogP contribution in [-0.4, -0.2) is 36.2 Å². The van der Waals surface area contributed by atoms with Gasteiger partial charge in [0.25, 0.3) is 5.91 Å². The smallest absolute Gasteiger partial charge is 0.262 e.